The van der Waals surface area contributed by atoms with Gasteiger partial charge in [-0.25, -0.2) is 0 Å². The number of furan rings is 1. The Balaban J connectivity index is 1.88. The molecule has 0 aromatic carbocycles. The van der Waals surface area contributed by atoms with E-state index in [2.05, 4.69) is 12.2 Å². The number of ether oxygens (including phenoxy) is 1. The average Bonchev–Trinajstić information content (AvgIpc) is 2.95. The molecule has 0 aliphatic carbocycles. The summed E-state index contributed by atoms with van der Waals surface area (Å²) in [5.74, 6) is 2.20. The highest BCUT2D eigenvalue weighted by Gasteiger charge is 2.29. The Bertz CT molecular complexity index is 405. The summed E-state index contributed by atoms with van der Waals surface area (Å²) in [5, 5.41) is 3.35. The van der Waals surface area contributed by atoms with Crippen molar-refractivity contribution in [1.82, 2.24) is 5.32 Å². The van der Waals surface area contributed by atoms with Gasteiger partial charge in [-0.1, -0.05) is 6.92 Å². The Morgan fingerprint density at radius 3 is 2.89 bits per heavy atom. The van der Waals surface area contributed by atoms with Gasteiger partial charge in [-0.05, 0) is 32.0 Å². The van der Waals surface area contributed by atoms with Crippen molar-refractivity contribution in [1.29, 1.82) is 0 Å². The highest BCUT2D eigenvalue weighted by atomic mass is 32.2. The van der Waals surface area contributed by atoms with Gasteiger partial charge in [-0.2, -0.15) is 0 Å². The maximum absolute atomic E-state index is 12.2. The molecule has 1 aromatic heterocycles. The summed E-state index contributed by atoms with van der Waals surface area (Å²) >= 11 is 0. The van der Waals surface area contributed by atoms with Crippen molar-refractivity contribution < 1.29 is 13.4 Å². The van der Waals surface area contributed by atoms with Crippen LogP contribution in [0.15, 0.2) is 16.5 Å². The quantitative estimate of drug-likeness (QED) is 0.857. The summed E-state index contributed by atoms with van der Waals surface area (Å²) in [5.41, 5.74) is 0. The van der Waals surface area contributed by atoms with Gasteiger partial charge in [-0.15, -0.1) is 0 Å². The van der Waals surface area contributed by atoms with Crippen LogP contribution in [0.25, 0.3) is 0 Å². The number of hydrogen-bond donors (Lipinski definition) is 1. The third-order valence-corrected chi connectivity index (χ3v) is 5.06. The van der Waals surface area contributed by atoms with E-state index in [0.29, 0.717) is 5.75 Å². The third-order valence-electron chi connectivity index (χ3n) is 3.20. The Morgan fingerprint density at radius 1 is 1.44 bits per heavy atom. The average molecular weight is 271 g/mol. The molecule has 1 saturated heterocycles. The van der Waals surface area contributed by atoms with Crippen molar-refractivity contribution >= 4 is 10.8 Å². The number of nitrogens with one attached hydrogen (secondary N) is 1. The second-order valence-corrected chi connectivity index (χ2v) is 6.23. The molecule has 4 nitrogen and oxygen atoms in total. The van der Waals surface area contributed by atoms with Crippen LogP contribution in [0.4, 0.5) is 0 Å². The highest BCUT2D eigenvalue weighted by Crippen LogP contribution is 2.21. The molecule has 0 saturated carbocycles. The summed E-state index contributed by atoms with van der Waals surface area (Å²) < 4.78 is 23.3. The highest BCUT2D eigenvalue weighted by molar-refractivity contribution is 7.84. The molecule has 3 atom stereocenters. The molecule has 1 aliphatic heterocycles. The normalized spacial score (nSPS) is 25.4. The molecule has 18 heavy (non-hydrogen) atoms. The monoisotopic (exact) mass is 271 g/mol. The minimum absolute atomic E-state index is 0.0991. The van der Waals surface area contributed by atoms with Crippen LogP contribution in [-0.4, -0.2) is 28.7 Å². The van der Waals surface area contributed by atoms with Gasteiger partial charge < -0.3 is 14.5 Å². The van der Waals surface area contributed by atoms with E-state index in [0.717, 1.165) is 37.6 Å². The molecule has 0 amide bonds. The fraction of sp³-hybridized carbons (Fsp3) is 0.692. The van der Waals surface area contributed by atoms with Crippen LogP contribution in [-0.2, 0) is 27.8 Å². The smallest absolute Gasteiger partial charge is 0.118 e. The largest absolute Gasteiger partial charge is 0.464 e. The van der Waals surface area contributed by atoms with E-state index in [9.17, 15) is 4.21 Å². The maximum atomic E-state index is 12.2. The van der Waals surface area contributed by atoms with E-state index in [1.807, 2.05) is 19.1 Å². The maximum Gasteiger partial charge on any atom is 0.118 e. The lowest BCUT2D eigenvalue weighted by Gasteiger charge is -2.12. The molecular weight excluding hydrogens is 250 g/mol. The molecule has 1 fully saturated rings. The van der Waals surface area contributed by atoms with E-state index < -0.39 is 10.8 Å². The van der Waals surface area contributed by atoms with Gasteiger partial charge in [-0.3, -0.25) is 4.21 Å². The second-order valence-electron chi connectivity index (χ2n) is 4.58. The first-order valence-electron chi connectivity index (χ1n) is 6.47. The predicted octanol–water partition coefficient (Wildman–Crippen LogP) is 1.82. The van der Waals surface area contributed by atoms with Crippen molar-refractivity contribution in [2.24, 2.45) is 0 Å². The molecule has 1 aliphatic rings. The Labute approximate surface area is 111 Å². The summed E-state index contributed by atoms with van der Waals surface area (Å²) in [6.07, 6.45) is 0.987. The van der Waals surface area contributed by atoms with Crippen LogP contribution in [0.2, 0.25) is 0 Å². The standard InChI is InChI=1S/C13H21NO3S/c1-3-14-8-11-4-5-12(17-11)9-18(15)13-6-7-16-10(13)2/h4-5,10,13-14H,3,6-9H2,1-2H3. The molecule has 0 spiro atoms. The molecule has 1 aromatic rings. The fourth-order valence-corrected chi connectivity index (χ4v) is 3.66. The first-order valence-corrected chi connectivity index (χ1v) is 7.86. The van der Waals surface area contributed by atoms with Gasteiger partial charge in [0.25, 0.3) is 0 Å². The Kier molecular flexibility index (Phi) is 4.97. The SMILES string of the molecule is CCNCc1ccc(CS(=O)C2CCOC2C)o1. The van der Waals surface area contributed by atoms with Crippen LogP contribution in [0, 0.1) is 0 Å². The number of hydrogen-bond acceptors (Lipinski definition) is 4. The fourth-order valence-electron chi connectivity index (χ4n) is 2.15. The van der Waals surface area contributed by atoms with Crippen LogP contribution >= 0.6 is 0 Å². The second kappa shape index (κ2) is 6.50. The van der Waals surface area contributed by atoms with Crippen molar-refractivity contribution in [2.75, 3.05) is 13.2 Å². The van der Waals surface area contributed by atoms with Crippen LogP contribution in [0.1, 0.15) is 31.8 Å². The Morgan fingerprint density at radius 2 is 2.22 bits per heavy atom. The summed E-state index contributed by atoms with van der Waals surface area (Å²) in [7, 11) is -0.908. The van der Waals surface area contributed by atoms with Gasteiger partial charge in [0.15, 0.2) is 0 Å². The molecule has 2 rings (SSSR count). The van der Waals surface area contributed by atoms with Crippen molar-refractivity contribution in [3.05, 3.63) is 23.7 Å². The lowest BCUT2D eigenvalue weighted by Crippen LogP contribution is -2.23. The van der Waals surface area contributed by atoms with Gasteiger partial charge >= 0.3 is 0 Å². The first kappa shape index (κ1) is 13.8. The van der Waals surface area contributed by atoms with E-state index >= 15 is 0 Å². The Hall–Kier alpha value is -0.650. The van der Waals surface area contributed by atoms with E-state index in [4.69, 9.17) is 9.15 Å². The van der Waals surface area contributed by atoms with Crippen molar-refractivity contribution in [2.45, 2.75) is 43.9 Å². The van der Waals surface area contributed by atoms with Crippen molar-refractivity contribution in [3.8, 4) is 0 Å². The van der Waals surface area contributed by atoms with Crippen molar-refractivity contribution in [3.63, 3.8) is 0 Å². The molecule has 3 unspecified atom stereocenters. The van der Waals surface area contributed by atoms with E-state index in [1.54, 1.807) is 0 Å². The molecular formula is C13H21NO3S. The number of rotatable bonds is 6. The van der Waals surface area contributed by atoms with Crippen LogP contribution < -0.4 is 5.32 Å². The summed E-state index contributed by atoms with van der Waals surface area (Å²) in [4.78, 5) is 0. The van der Waals surface area contributed by atoms with E-state index in [-0.39, 0.29) is 11.4 Å². The predicted molar refractivity (Wildman–Crippen MR) is 71.8 cm³/mol. The zero-order valence-corrected chi connectivity index (χ0v) is 11.8. The topological polar surface area (TPSA) is 51.5 Å². The minimum atomic E-state index is -0.908. The van der Waals surface area contributed by atoms with Crippen LogP contribution in [0.3, 0.4) is 0 Å². The lowest BCUT2D eigenvalue weighted by atomic mass is 10.3. The summed E-state index contributed by atoms with van der Waals surface area (Å²) in [6.45, 7) is 6.42. The zero-order chi connectivity index (χ0) is 13.0. The minimum Gasteiger partial charge on any atom is -0.464 e. The van der Waals surface area contributed by atoms with Gasteiger partial charge in [0, 0.05) is 17.4 Å². The van der Waals surface area contributed by atoms with Gasteiger partial charge in [0.1, 0.15) is 11.5 Å². The molecule has 2 heterocycles. The molecule has 0 radical (unpaired) electrons. The molecule has 5 heteroatoms. The first-order chi connectivity index (χ1) is 8.70. The lowest BCUT2D eigenvalue weighted by molar-refractivity contribution is 0.127. The van der Waals surface area contributed by atoms with E-state index in [1.165, 1.54) is 0 Å². The summed E-state index contributed by atoms with van der Waals surface area (Å²) in [6, 6.07) is 3.87. The van der Waals surface area contributed by atoms with Gasteiger partial charge in [0.2, 0.25) is 0 Å². The third kappa shape index (κ3) is 3.43. The molecule has 102 valence electrons. The zero-order valence-electron chi connectivity index (χ0n) is 11.0. The van der Waals surface area contributed by atoms with Crippen LogP contribution in [0.5, 0.6) is 0 Å². The molecule has 0 bridgehead atoms. The molecule has 1 N–H and O–H groups in total. The van der Waals surface area contributed by atoms with Gasteiger partial charge in [0.05, 0.1) is 23.7 Å².